The average Bonchev–Trinajstić information content (AvgIpc) is 3.02. The number of halogens is 1. The second-order valence-corrected chi connectivity index (χ2v) is 5.70. The van der Waals surface area contributed by atoms with Crippen LogP contribution in [0.2, 0.25) is 0 Å². The van der Waals surface area contributed by atoms with Gasteiger partial charge in [-0.2, -0.15) is 5.10 Å². The third-order valence-electron chi connectivity index (χ3n) is 3.19. The molecule has 0 atom stereocenters. The lowest BCUT2D eigenvalue weighted by Crippen LogP contribution is -2.12. The molecule has 21 heavy (non-hydrogen) atoms. The first-order valence-corrected chi connectivity index (χ1v) is 7.49. The van der Waals surface area contributed by atoms with Crippen LogP contribution in [0.25, 0.3) is 11.3 Å². The number of nitrogens with zero attached hydrogens (tertiary/aromatic N) is 2. The van der Waals surface area contributed by atoms with Crippen LogP contribution in [-0.2, 0) is 13.1 Å². The van der Waals surface area contributed by atoms with Crippen molar-refractivity contribution in [1.82, 2.24) is 20.5 Å². The zero-order chi connectivity index (χ0) is 14.5. The maximum atomic E-state index is 4.15. The van der Waals surface area contributed by atoms with Gasteiger partial charge in [-0.3, -0.25) is 10.1 Å². The Labute approximate surface area is 131 Å². The van der Waals surface area contributed by atoms with Gasteiger partial charge in [-0.25, -0.2) is 0 Å². The summed E-state index contributed by atoms with van der Waals surface area (Å²) in [5, 5.41) is 10.3. The van der Waals surface area contributed by atoms with Crippen molar-refractivity contribution < 1.29 is 0 Å². The molecule has 0 saturated heterocycles. The normalized spacial score (nSPS) is 10.7. The fraction of sp³-hybridized carbons (Fsp3) is 0.125. The molecule has 106 valence electrons. The van der Waals surface area contributed by atoms with Crippen LogP contribution in [0, 0.1) is 0 Å². The molecule has 4 nitrogen and oxygen atoms in total. The summed E-state index contributed by atoms with van der Waals surface area (Å²) in [6.45, 7) is 1.63. The SMILES string of the molecule is Brc1cncc(CNCc2ccc(-c3ccn[nH]3)cc2)c1. The molecule has 2 N–H and O–H groups in total. The van der Waals surface area contributed by atoms with E-state index < -0.39 is 0 Å². The number of pyridine rings is 1. The zero-order valence-electron chi connectivity index (χ0n) is 11.4. The maximum absolute atomic E-state index is 4.15. The van der Waals surface area contributed by atoms with Gasteiger partial charge in [0.25, 0.3) is 0 Å². The minimum absolute atomic E-state index is 0.800. The topological polar surface area (TPSA) is 53.6 Å². The molecule has 0 aliphatic carbocycles. The minimum atomic E-state index is 0.800. The Bertz CT molecular complexity index is 693. The third-order valence-corrected chi connectivity index (χ3v) is 3.62. The van der Waals surface area contributed by atoms with Gasteiger partial charge in [0.1, 0.15) is 0 Å². The van der Waals surface area contributed by atoms with Crippen LogP contribution in [0.5, 0.6) is 0 Å². The van der Waals surface area contributed by atoms with Crippen LogP contribution in [-0.4, -0.2) is 15.2 Å². The second kappa shape index (κ2) is 6.65. The molecule has 0 spiro atoms. The summed E-state index contributed by atoms with van der Waals surface area (Å²) in [7, 11) is 0. The van der Waals surface area contributed by atoms with E-state index in [-0.39, 0.29) is 0 Å². The largest absolute Gasteiger partial charge is 0.309 e. The van der Waals surface area contributed by atoms with Gasteiger partial charge in [-0.15, -0.1) is 0 Å². The number of benzene rings is 1. The third kappa shape index (κ3) is 3.77. The molecule has 0 aliphatic rings. The van der Waals surface area contributed by atoms with Crippen LogP contribution in [0.3, 0.4) is 0 Å². The summed E-state index contributed by atoms with van der Waals surface area (Å²) in [6.07, 6.45) is 5.42. The van der Waals surface area contributed by atoms with Crippen molar-refractivity contribution in [2.75, 3.05) is 0 Å². The van der Waals surface area contributed by atoms with Gasteiger partial charge in [-0.05, 0) is 44.8 Å². The fourth-order valence-corrected chi connectivity index (χ4v) is 2.53. The van der Waals surface area contributed by atoms with Crippen molar-refractivity contribution in [3.8, 4) is 11.3 Å². The van der Waals surface area contributed by atoms with Crippen molar-refractivity contribution in [2.24, 2.45) is 0 Å². The Morgan fingerprint density at radius 1 is 1.00 bits per heavy atom. The number of H-pyrrole nitrogens is 1. The van der Waals surface area contributed by atoms with E-state index in [2.05, 4.69) is 66.8 Å². The number of aromatic nitrogens is 3. The van der Waals surface area contributed by atoms with E-state index in [9.17, 15) is 0 Å². The van der Waals surface area contributed by atoms with Crippen molar-refractivity contribution in [1.29, 1.82) is 0 Å². The van der Waals surface area contributed by atoms with Crippen LogP contribution < -0.4 is 5.32 Å². The van der Waals surface area contributed by atoms with Crippen molar-refractivity contribution in [2.45, 2.75) is 13.1 Å². The lowest BCUT2D eigenvalue weighted by atomic mass is 10.1. The number of rotatable bonds is 5. The summed E-state index contributed by atoms with van der Waals surface area (Å²) in [4.78, 5) is 4.15. The van der Waals surface area contributed by atoms with E-state index in [1.807, 2.05) is 12.3 Å². The van der Waals surface area contributed by atoms with E-state index in [0.29, 0.717) is 0 Å². The van der Waals surface area contributed by atoms with Gasteiger partial charge in [0, 0.05) is 36.2 Å². The van der Waals surface area contributed by atoms with Crippen LogP contribution in [0.4, 0.5) is 0 Å². The summed E-state index contributed by atoms with van der Waals surface area (Å²) in [5.41, 5.74) is 4.60. The summed E-state index contributed by atoms with van der Waals surface area (Å²) < 4.78 is 1.01. The van der Waals surface area contributed by atoms with Crippen molar-refractivity contribution in [3.05, 3.63) is 70.6 Å². The number of hydrogen-bond donors (Lipinski definition) is 2. The molecule has 5 heteroatoms. The molecule has 0 unspecified atom stereocenters. The molecular formula is C16H15BrN4. The number of nitrogens with one attached hydrogen (secondary N) is 2. The van der Waals surface area contributed by atoms with Crippen molar-refractivity contribution >= 4 is 15.9 Å². The van der Waals surface area contributed by atoms with Gasteiger partial charge < -0.3 is 5.32 Å². The molecular weight excluding hydrogens is 328 g/mol. The Balaban J connectivity index is 1.56. The lowest BCUT2D eigenvalue weighted by Gasteiger charge is -2.06. The number of aromatic amines is 1. The van der Waals surface area contributed by atoms with E-state index in [0.717, 1.165) is 28.8 Å². The second-order valence-electron chi connectivity index (χ2n) is 4.78. The van der Waals surface area contributed by atoms with Gasteiger partial charge in [0.2, 0.25) is 0 Å². The lowest BCUT2D eigenvalue weighted by molar-refractivity contribution is 0.691. The van der Waals surface area contributed by atoms with Crippen molar-refractivity contribution in [3.63, 3.8) is 0 Å². The molecule has 0 saturated carbocycles. The van der Waals surface area contributed by atoms with E-state index in [4.69, 9.17) is 0 Å². The molecule has 3 rings (SSSR count). The quantitative estimate of drug-likeness (QED) is 0.745. The Kier molecular flexibility index (Phi) is 4.43. The van der Waals surface area contributed by atoms with Gasteiger partial charge >= 0.3 is 0 Å². The predicted molar refractivity (Wildman–Crippen MR) is 86.5 cm³/mol. The van der Waals surface area contributed by atoms with Gasteiger partial charge in [0.05, 0.1) is 5.69 Å². The molecule has 1 aromatic carbocycles. The van der Waals surface area contributed by atoms with E-state index in [1.54, 1.807) is 12.4 Å². The monoisotopic (exact) mass is 342 g/mol. The first-order chi connectivity index (χ1) is 10.3. The molecule has 0 bridgehead atoms. The fourth-order valence-electron chi connectivity index (χ4n) is 2.12. The van der Waals surface area contributed by atoms with Gasteiger partial charge in [0.15, 0.2) is 0 Å². The molecule has 2 aromatic heterocycles. The first-order valence-electron chi connectivity index (χ1n) is 6.70. The molecule has 3 aromatic rings. The standard InChI is InChI=1S/C16H15BrN4/c17-15-7-13(10-19-11-15)9-18-8-12-1-3-14(4-2-12)16-5-6-20-21-16/h1-7,10-11,18H,8-9H2,(H,20,21). The van der Waals surface area contributed by atoms with Gasteiger partial charge in [-0.1, -0.05) is 24.3 Å². The minimum Gasteiger partial charge on any atom is -0.309 e. The molecule has 0 radical (unpaired) electrons. The molecule has 0 fully saturated rings. The van der Waals surface area contributed by atoms with E-state index >= 15 is 0 Å². The highest BCUT2D eigenvalue weighted by atomic mass is 79.9. The summed E-state index contributed by atoms with van der Waals surface area (Å²) in [6, 6.07) is 12.5. The van der Waals surface area contributed by atoms with Crippen LogP contribution in [0.1, 0.15) is 11.1 Å². The highest BCUT2D eigenvalue weighted by Gasteiger charge is 1.99. The highest BCUT2D eigenvalue weighted by molar-refractivity contribution is 9.10. The Morgan fingerprint density at radius 2 is 1.81 bits per heavy atom. The smallest absolute Gasteiger partial charge is 0.0650 e. The summed E-state index contributed by atoms with van der Waals surface area (Å²) >= 11 is 3.43. The summed E-state index contributed by atoms with van der Waals surface area (Å²) in [5.74, 6) is 0. The molecule has 0 amide bonds. The van der Waals surface area contributed by atoms with E-state index in [1.165, 1.54) is 11.1 Å². The highest BCUT2D eigenvalue weighted by Crippen LogP contribution is 2.16. The Morgan fingerprint density at radius 3 is 2.52 bits per heavy atom. The maximum Gasteiger partial charge on any atom is 0.0650 e. The molecule has 2 heterocycles. The Hall–Kier alpha value is -1.98. The average molecular weight is 343 g/mol. The van der Waals surface area contributed by atoms with Crippen LogP contribution >= 0.6 is 15.9 Å². The zero-order valence-corrected chi connectivity index (χ0v) is 13.0. The molecule has 0 aliphatic heterocycles. The predicted octanol–water partition coefficient (Wildman–Crippen LogP) is 3.52. The first kappa shape index (κ1) is 14.0. The van der Waals surface area contributed by atoms with Crippen LogP contribution in [0.15, 0.2) is 59.5 Å². The number of hydrogen-bond acceptors (Lipinski definition) is 3.